The van der Waals surface area contributed by atoms with Gasteiger partial charge in [0.1, 0.15) is 0 Å². The first-order chi connectivity index (χ1) is 10.9. The normalized spacial score (nSPS) is 10.8. The first-order valence-corrected chi connectivity index (χ1v) is 6.99. The van der Waals surface area contributed by atoms with Crippen molar-refractivity contribution >= 4 is 29.1 Å². The Morgan fingerprint density at radius 3 is 2.70 bits per heavy atom. The van der Waals surface area contributed by atoms with Crippen molar-refractivity contribution in [3.8, 4) is 5.88 Å². The summed E-state index contributed by atoms with van der Waals surface area (Å²) < 4.78 is 2.84. The lowest BCUT2D eigenvalue weighted by molar-refractivity contribution is -0.662. The van der Waals surface area contributed by atoms with Gasteiger partial charge in [-0.2, -0.15) is 0 Å². The Morgan fingerprint density at radius 1 is 1.30 bits per heavy atom. The highest BCUT2D eigenvalue weighted by Crippen LogP contribution is 2.18. The number of nitrogens with zero attached hydrogens (tertiary/aromatic N) is 4. The minimum Gasteiger partial charge on any atom is -0.856 e. The Bertz CT molecular complexity index is 742. The highest BCUT2D eigenvalue weighted by molar-refractivity contribution is 5.75. The summed E-state index contributed by atoms with van der Waals surface area (Å²) in [5.41, 5.74) is 0.464. The number of rotatable bonds is 8. The lowest BCUT2D eigenvalue weighted by atomic mass is 10.2. The van der Waals surface area contributed by atoms with E-state index in [2.05, 4.69) is 15.3 Å². The van der Waals surface area contributed by atoms with Crippen LogP contribution in [0.25, 0.3) is 11.2 Å². The molecule has 0 spiro atoms. The van der Waals surface area contributed by atoms with Gasteiger partial charge in [0, 0.05) is 18.8 Å². The van der Waals surface area contributed by atoms with Gasteiger partial charge in [0.2, 0.25) is 0 Å². The van der Waals surface area contributed by atoms with Gasteiger partial charge < -0.3 is 20.6 Å². The standard InChI is InChI=1S/C13H17N5O5/c1-17-7-18(6-9(21)22)11-10(17)12(23)16-13(15-11)14-5-3-2-4-8(19)20/h7H,2-6H2,1H3,(H3-,14,15,16,19,20,21,22,23). The maximum absolute atomic E-state index is 12.0. The van der Waals surface area contributed by atoms with E-state index in [0.29, 0.717) is 19.4 Å². The average Bonchev–Trinajstić information content (AvgIpc) is 2.74. The molecule has 0 aliphatic rings. The van der Waals surface area contributed by atoms with Crippen LogP contribution in [0.15, 0.2) is 6.33 Å². The molecule has 10 nitrogen and oxygen atoms in total. The molecule has 0 aromatic carbocycles. The van der Waals surface area contributed by atoms with E-state index in [1.54, 1.807) is 7.05 Å². The molecule has 0 bridgehead atoms. The molecular weight excluding hydrogens is 306 g/mol. The zero-order valence-electron chi connectivity index (χ0n) is 12.5. The Labute approximate surface area is 131 Å². The topological polar surface area (TPSA) is 144 Å². The van der Waals surface area contributed by atoms with E-state index in [1.165, 1.54) is 15.5 Å². The highest BCUT2D eigenvalue weighted by Gasteiger charge is 2.19. The van der Waals surface area contributed by atoms with Gasteiger partial charge in [-0.15, -0.1) is 0 Å². The third kappa shape index (κ3) is 4.05. The van der Waals surface area contributed by atoms with Crippen molar-refractivity contribution in [3.05, 3.63) is 6.33 Å². The number of carbonyl (C=O) groups is 2. The quantitative estimate of drug-likeness (QED) is 0.418. The van der Waals surface area contributed by atoms with Crippen LogP contribution in [0.1, 0.15) is 19.3 Å². The molecule has 124 valence electrons. The third-order valence-corrected chi connectivity index (χ3v) is 3.18. The van der Waals surface area contributed by atoms with Crippen LogP contribution in [0.4, 0.5) is 5.95 Å². The Balaban J connectivity index is 2.15. The number of aromatic nitrogens is 4. The van der Waals surface area contributed by atoms with Crippen LogP contribution < -0.4 is 15.0 Å². The van der Waals surface area contributed by atoms with E-state index < -0.39 is 17.8 Å². The molecule has 2 heterocycles. The molecule has 23 heavy (non-hydrogen) atoms. The Morgan fingerprint density at radius 2 is 2.04 bits per heavy atom. The van der Waals surface area contributed by atoms with Gasteiger partial charge in [-0.25, -0.2) is 14.3 Å². The summed E-state index contributed by atoms with van der Waals surface area (Å²) in [6.07, 6.45) is 2.64. The number of hydrogen-bond donors (Lipinski definition) is 3. The number of aryl methyl sites for hydroxylation is 1. The summed E-state index contributed by atoms with van der Waals surface area (Å²) in [6, 6.07) is 0. The van der Waals surface area contributed by atoms with Crippen molar-refractivity contribution in [2.24, 2.45) is 7.05 Å². The number of imidazole rings is 1. The van der Waals surface area contributed by atoms with Crippen molar-refractivity contribution in [2.75, 3.05) is 11.9 Å². The van der Waals surface area contributed by atoms with Crippen LogP contribution in [0.5, 0.6) is 5.88 Å². The van der Waals surface area contributed by atoms with Crippen LogP contribution in [-0.4, -0.2) is 43.2 Å². The Kier molecular flexibility index (Phi) is 4.94. The number of nitrogens with one attached hydrogen (secondary N) is 1. The molecule has 2 aromatic heterocycles. The predicted octanol–water partition coefficient (Wildman–Crippen LogP) is -0.919. The number of unbranched alkanes of at least 4 members (excludes halogenated alkanes) is 1. The number of anilines is 1. The highest BCUT2D eigenvalue weighted by atomic mass is 16.4. The van der Waals surface area contributed by atoms with Gasteiger partial charge in [-0.3, -0.25) is 9.36 Å². The number of aliphatic carboxylic acids is 2. The molecule has 2 rings (SSSR count). The van der Waals surface area contributed by atoms with Crippen LogP contribution in [0.3, 0.4) is 0 Å². The van der Waals surface area contributed by atoms with E-state index in [0.717, 1.165) is 0 Å². The summed E-state index contributed by atoms with van der Waals surface area (Å²) >= 11 is 0. The van der Waals surface area contributed by atoms with Crippen LogP contribution in [0.2, 0.25) is 0 Å². The molecule has 0 saturated carbocycles. The summed E-state index contributed by atoms with van der Waals surface area (Å²) in [5.74, 6) is -2.31. The van der Waals surface area contributed by atoms with E-state index in [4.69, 9.17) is 10.2 Å². The molecular formula is C13H17N5O5. The maximum atomic E-state index is 12.0. The van der Waals surface area contributed by atoms with Crippen molar-refractivity contribution in [3.63, 3.8) is 0 Å². The monoisotopic (exact) mass is 323 g/mol. The molecule has 0 unspecified atom stereocenters. The molecule has 0 fully saturated rings. The van der Waals surface area contributed by atoms with Crippen LogP contribution in [0, 0.1) is 0 Å². The largest absolute Gasteiger partial charge is 0.856 e. The smallest absolute Gasteiger partial charge is 0.338 e. The second-order valence-corrected chi connectivity index (χ2v) is 5.05. The van der Waals surface area contributed by atoms with Crippen molar-refractivity contribution in [2.45, 2.75) is 25.8 Å². The molecule has 0 atom stereocenters. The second-order valence-electron chi connectivity index (χ2n) is 5.05. The SMILES string of the molecule is Cn1c[n+](CC(=O)O)c2nc(NCCCCC(=O)O)nc([O-])c21. The minimum absolute atomic E-state index is 0.0751. The van der Waals surface area contributed by atoms with Gasteiger partial charge in [0.25, 0.3) is 5.95 Å². The van der Waals surface area contributed by atoms with Gasteiger partial charge in [-0.05, 0) is 12.8 Å². The van der Waals surface area contributed by atoms with Gasteiger partial charge >= 0.3 is 17.6 Å². The van der Waals surface area contributed by atoms with Crippen LogP contribution >= 0.6 is 0 Å². The number of carboxylic acid groups (broad SMARTS) is 2. The maximum Gasteiger partial charge on any atom is 0.338 e. The fraction of sp³-hybridized carbons (Fsp3) is 0.462. The number of carboxylic acids is 2. The molecule has 0 radical (unpaired) electrons. The lowest BCUT2D eigenvalue weighted by Gasteiger charge is -2.07. The van der Waals surface area contributed by atoms with Crippen molar-refractivity contribution < 1.29 is 29.5 Å². The fourth-order valence-electron chi connectivity index (χ4n) is 2.20. The molecule has 2 aromatic rings. The molecule has 0 aliphatic carbocycles. The van der Waals surface area contributed by atoms with E-state index in [1.807, 2.05) is 0 Å². The fourth-order valence-corrected chi connectivity index (χ4v) is 2.20. The lowest BCUT2D eigenvalue weighted by Crippen LogP contribution is -2.37. The zero-order valence-corrected chi connectivity index (χ0v) is 12.5. The van der Waals surface area contributed by atoms with Crippen molar-refractivity contribution in [1.29, 1.82) is 0 Å². The summed E-state index contributed by atoms with van der Waals surface area (Å²) in [5, 5.41) is 32.4. The summed E-state index contributed by atoms with van der Waals surface area (Å²) in [4.78, 5) is 29.3. The summed E-state index contributed by atoms with van der Waals surface area (Å²) in [6.45, 7) is 0.107. The molecule has 0 amide bonds. The van der Waals surface area contributed by atoms with Crippen molar-refractivity contribution in [1.82, 2.24) is 14.5 Å². The van der Waals surface area contributed by atoms with E-state index in [-0.39, 0.29) is 30.1 Å². The molecule has 0 saturated heterocycles. The van der Waals surface area contributed by atoms with Crippen LogP contribution in [-0.2, 0) is 23.2 Å². The minimum atomic E-state index is -1.04. The van der Waals surface area contributed by atoms with Gasteiger partial charge in [0.05, 0.1) is 7.05 Å². The zero-order chi connectivity index (χ0) is 17.0. The predicted molar refractivity (Wildman–Crippen MR) is 75.8 cm³/mol. The second kappa shape index (κ2) is 6.90. The summed E-state index contributed by atoms with van der Waals surface area (Å²) in [7, 11) is 1.62. The molecule has 10 heteroatoms. The van der Waals surface area contributed by atoms with Gasteiger partial charge in [0.15, 0.2) is 18.4 Å². The average molecular weight is 323 g/mol. The third-order valence-electron chi connectivity index (χ3n) is 3.18. The Hall–Kier alpha value is -2.91. The van der Waals surface area contributed by atoms with E-state index in [9.17, 15) is 14.7 Å². The van der Waals surface area contributed by atoms with Gasteiger partial charge in [-0.1, -0.05) is 4.98 Å². The number of fused-ring (bicyclic) bond motifs is 1. The molecule has 0 aliphatic heterocycles. The van der Waals surface area contributed by atoms with E-state index >= 15 is 0 Å². The molecule has 3 N–H and O–H groups in total. The first kappa shape index (κ1) is 16.5. The first-order valence-electron chi connectivity index (χ1n) is 6.99. The number of hydrogen-bond acceptors (Lipinski definition) is 6.